The molecule has 0 bridgehead atoms. The first-order valence-corrected chi connectivity index (χ1v) is 8.16. The minimum absolute atomic E-state index is 0.0898. The van der Waals surface area contributed by atoms with Crippen molar-refractivity contribution in [2.75, 3.05) is 6.54 Å². The molecule has 1 atom stereocenters. The van der Waals surface area contributed by atoms with Gasteiger partial charge in [-0.1, -0.05) is 0 Å². The van der Waals surface area contributed by atoms with Crippen LogP contribution in [-0.4, -0.2) is 27.0 Å². The van der Waals surface area contributed by atoms with Crippen molar-refractivity contribution >= 4 is 17.2 Å². The number of amides is 1. The van der Waals surface area contributed by atoms with Crippen LogP contribution in [0.5, 0.6) is 0 Å². The van der Waals surface area contributed by atoms with Crippen molar-refractivity contribution in [1.29, 1.82) is 0 Å². The lowest BCUT2D eigenvalue weighted by Gasteiger charge is -2.21. The zero-order valence-electron chi connectivity index (χ0n) is 12.4. The number of nitrogens with one attached hydrogen (secondary N) is 1. The molecule has 0 aliphatic heterocycles. The third-order valence-electron chi connectivity index (χ3n) is 3.95. The monoisotopic (exact) mass is 304 g/mol. The lowest BCUT2D eigenvalue weighted by atomic mass is 9.89. The Morgan fingerprint density at radius 3 is 3.14 bits per heavy atom. The van der Waals surface area contributed by atoms with Crippen LogP contribution >= 0.6 is 11.3 Å². The Bertz CT molecular complexity index is 646. The maximum atomic E-state index is 12.4. The number of nitrogens with zero attached hydrogens (tertiary/aromatic N) is 3. The summed E-state index contributed by atoms with van der Waals surface area (Å²) in [7, 11) is 2.00. The van der Waals surface area contributed by atoms with Gasteiger partial charge in [-0.2, -0.15) is 0 Å². The number of carbonyl (C=O) groups excluding carboxylic acids is 1. The molecule has 1 aliphatic rings. The average molecular weight is 304 g/mol. The zero-order valence-corrected chi connectivity index (χ0v) is 13.2. The fraction of sp³-hybridized carbons (Fsp3) is 0.533. The number of carbonyl (C=O) groups is 1. The molecule has 2 heterocycles. The molecule has 1 aliphatic carbocycles. The summed E-state index contributed by atoms with van der Waals surface area (Å²) >= 11 is 1.69. The maximum Gasteiger partial charge on any atom is 0.229 e. The molecule has 0 saturated heterocycles. The number of rotatable bonds is 4. The summed E-state index contributed by atoms with van der Waals surface area (Å²) in [6, 6.07) is 0. The summed E-state index contributed by atoms with van der Waals surface area (Å²) in [6.07, 6.45) is 7.46. The number of hydrogen-bond donors (Lipinski definition) is 1. The molecule has 0 radical (unpaired) electrons. The molecule has 6 heteroatoms. The van der Waals surface area contributed by atoms with Gasteiger partial charge in [0.25, 0.3) is 0 Å². The maximum absolute atomic E-state index is 12.4. The van der Waals surface area contributed by atoms with Crippen molar-refractivity contribution in [3.8, 4) is 0 Å². The second-order valence-electron chi connectivity index (χ2n) is 5.54. The van der Waals surface area contributed by atoms with Gasteiger partial charge < -0.3 is 9.88 Å². The third-order valence-corrected chi connectivity index (χ3v) is 4.92. The van der Waals surface area contributed by atoms with E-state index < -0.39 is 0 Å². The van der Waals surface area contributed by atoms with E-state index in [1.165, 1.54) is 10.6 Å². The van der Waals surface area contributed by atoms with E-state index >= 15 is 0 Å². The molecule has 1 N–H and O–H groups in total. The largest absolute Gasteiger partial charge is 0.355 e. The first kappa shape index (κ1) is 14.3. The van der Waals surface area contributed by atoms with Crippen LogP contribution in [0.15, 0.2) is 12.5 Å². The highest BCUT2D eigenvalue weighted by Crippen LogP contribution is 2.30. The molecule has 2 aromatic rings. The first-order chi connectivity index (χ1) is 10.1. The van der Waals surface area contributed by atoms with E-state index in [2.05, 4.69) is 15.3 Å². The molecule has 2 aromatic heterocycles. The summed E-state index contributed by atoms with van der Waals surface area (Å²) in [5.41, 5.74) is 2.17. The normalized spacial score (nSPS) is 17.5. The Labute approximate surface area is 128 Å². The van der Waals surface area contributed by atoms with Gasteiger partial charge in [-0.15, -0.1) is 11.3 Å². The molecule has 5 nitrogen and oxygen atoms in total. The average Bonchev–Trinajstić information content (AvgIpc) is 3.05. The molecule has 0 saturated carbocycles. The SMILES string of the molecule is Cc1cnc(CCNC(=O)C2CCCc3c2ncn3C)s1. The van der Waals surface area contributed by atoms with Crippen molar-refractivity contribution in [3.05, 3.63) is 33.8 Å². The van der Waals surface area contributed by atoms with Gasteiger partial charge in [-0.25, -0.2) is 9.97 Å². The highest BCUT2D eigenvalue weighted by Gasteiger charge is 2.29. The number of thiazole rings is 1. The fourth-order valence-corrected chi connectivity index (χ4v) is 3.65. The predicted octanol–water partition coefficient (Wildman–Crippen LogP) is 1.96. The Morgan fingerprint density at radius 2 is 2.38 bits per heavy atom. The second-order valence-corrected chi connectivity index (χ2v) is 6.86. The second kappa shape index (κ2) is 5.97. The smallest absolute Gasteiger partial charge is 0.229 e. The molecule has 0 spiro atoms. The van der Waals surface area contributed by atoms with Crippen LogP contribution in [0.4, 0.5) is 0 Å². The Kier molecular flexibility index (Phi) is 4.05. The van der Waals surface area contributed by atoms with Crippen LogP contribution < -0.4 is 5.32 Å². The first-order valence-electron chi connectivity index (χ1n) is 7.34. The van der Waals surface area contributed by atoms with Crippen LogP contribution in [0.2, 0.25) is 0 Å². The highest BCUT2D eigenvalue weighted by molar-refractivity contribution is 7.11. The fourth-order valence-electron chi connectivity index (χ4n) is 2.87. The lowest BCUT2D eigenvalue weighted by molar-refractivity contribution is -0.122. The van der Waals surface area contributed by atoms with Crippen LogP contribution in [0, 0.1) is 6.92 Å². The molecule has 0 fully saturated rings. The van der Waals surface area contributed by atoms with Crippen molar-refractivity contribution in [2.45, 2.75) is 38.5 Å². The summed E-state index contributed by atoms with van der Waals surface area (Å²) in [6.45, 7) is 2.69. The number of hydrogen-bond acceptors (Lipinski definition) is 4. The van der Waals surface area contributed by atoms with Crippen LogP contribution in [0.3, 0.4) is 0 Å². The number of aromatic nitrogens is 3. The van der Waals surface area contributed by atoms with E-state index in [-0.39, 0.29) is 11.8 Å². The molecule has 0 aromatic carbocycles. The van der Waals surface area contributed by atoms with Gasteiger partial charge in [0.15, 0.2) is 0 Å². The van der Waals surface area contributed by atoms with Gasteiger partial charge in [0.2, 0.25) is 5.91 Å². The van der Waals surface area contributed by atoms with Gasteiger partial charge in [-0.3, -0.25) is 4.79 Å². The van der Waals surface area contributed by atoms with E-state index in [4.69, 9.17) is 0 Å². The van der Waals surface area contributed by atoms with E-state index in [1.807, 2.05) is 31.1 Å². The zero-order chi connectivity index (χ0) is 14.8. The van der Waals surface area contributed by atoms with Crippen molar-refractivity contribution in [2.24, 2.45) is 7.05 Å². The number of imidazole rings is 1. The van der Waals surface area contributed by atoms with E-state index in [9.17, 15) is 4.79 Å². The van der Waals surface area contributed by atoms with Gasteiger partial charge >= 0.3 is 0 Å². The highest BCUT2D eigenvalue weighted by atomic mass is 32.1. The van der Waals surface area contributed by atoms with E-state index in [0.717, 1.165) is 36.4 Å². The van der Waals surface area contributed by atoms with Gasteiger partial charge in [0.05, 0.1) is 22.9 Å². The molecule has 1 unspecified atom stereocenters. The van der Waals surface area contributed by atoms with Gasteiger partial charge in [0, 0.05) is 36.8 Å². The third kappa shape index (κ3) is 3.00. The summed E-state index contributed by atoms with van der Waals surface area (Å²) < 4.78 is 2.03. The quantitative estimate of drug-likeness (QED) is 0.939. The molecule has 112 valence electrons. The Hall–Kier alpha value is -1.69. The lowest BCUT2D eigenvalue weighted by Crippen LogP contribution is -2.33. The number of aryl methyl sites for hydroxylation is 2. The number of fused-ring (bicyclic) bond motifs is 1. The van der Waals surface area contributed by atoms with Crippen molar-refractivity contribution < 1.29 is 4.79 Å². The minimum Gasteiger partial charge on any atom is -0.355 e. The van der Waals surface area contributed by atoms with Crippen molar-refractivity contribution in [1.82, 2.24) is 19.9 Å². The minimum atomic E-state index is -0.0898. The topological polar surface area (TPSA) is 59.8 Å². The molecule has 1 amide bonds. The summed E-state index contributed by atoms with van der Waals surface area (Å²) in [5.74, 6) is 0.0101. The van der Waals surface area contributed by atoms with Crippen LogP contribution in [0.1, 0.15) is 40.0 Å². The molecular weight excluding hydrogens is 284 g/mol. The molecular formula is C15H20N4OS. The Morgan fingerprint density at radius 1 is 1.52 bits per heavy atom. The van der Waals surface area contributed by atoms with E-state index in [1.54, 1.807) is 11.3 Å². The molecule has 21 heavy (non-hydrogen) atoms. The van der Waals surface area contributed by atoms with Gasteiger partial charge in [-0.05, 0) is 26.2 Å². The summed E-state index contributed by atoms with van der Waals surface area (Å²) in [5, 5.41) is 4.12. The summed E-state index contributed by atoms with van der Waals surface area (Å²) in [4.78, 5) is 22.3. The standard InChI is InChI=1S/C15H20N4OS/c1-10-8-17-13(21-10)6-7-16-15(20)11-4-3-5-12-14(11)18-9-19(12)2/h8-9,11H,3-7H2,1-2H3,(H,16,20). The predicted molar refractivity (Wildman–Crippen MR) is 82.5 cm³/mol. The Balaban J connectivity index is 1.59. The molecule has 3 rings (SSSR count). The van der Waals surface area contributed by atoms with E-state index in [0.29, 0.717) is 6.54 Å². The van der Waals surface area contributed by atoms with Crippen LogP contribution in [0.25, 0.3) is 0 Å². The van der Waals surface area contributed by atoms with Crippen LogP contribution in [-0.2, 0) is 24.7 Å². The van der Waals surface area contributed by atoms with Gasteiger partial charge in [0.1, 0.15) is 0 Å². The van der Waals surface area contributed by atoms with Crippen molar-refractivity contribution in [3.63, 3.8) is 0 Å².